The number of carbonyl (C=O) groups is 1. The van der Waals surface area contributed by atoms with Crippen molar-refractivity contribution in [3.05, 3.63) is 28.2 Å². The molecule has 0 aliphatic carbocycles. The zero-order chi connectivity index (χ0) is 16.1. The summed E-state index contributed by atoms with van der Waals surface area (Å²) >= 11 is 3.37. The van der Waals surface area contributed by atoms with Gasteiger partial charge in [-0.2, -0.15) is 4.99 Å². The largest absolute Gasteiger partial charge is 0.369 e. The predicted octanol–water partition coefficient (Wildman–Crippen LogP) is 2.22. The SMILES string of the molecule is Cc1cc(Br)ccc1NC(=O)N/C(N)=N/C(=N)N1CCCC1. The number of amides is 2. The quantitative estimate of drug-likeness (QED) is 0.452. The third-order valence-electron chi connectivity index (χ3n) is 3.31. The van der Waals surface area contributed by atoms with E-state index in [-0.39, 0.29) is 11.9 Å². The van der Waals surface area contributed by atoms with Gasteiger partial charge in [0, 0.05) is 23.2 Å². The average molecular weight is 367 g/mol. The van der Waals surface area contributed by atoms with Crippen molar-refractivity contribution in [1.29, 1.82) is 5.41 Å². The van der Waals surface area contributed by atoms with Gasteiger partial charge in [-0.25, -0.2) is 4.79 Å². The van der Waals surface area contributed by atoms with Crippen molar-refractivity contribution >= 4 is 39.6 Å². The Morgan fingerprint density at radius 2 is 2.09 bits per heavy atom. The van der Waals surface area contributed by atoms with E-state index in [1.807, 2.05) is 24.0 Å². The molecule has 1 aliphatic rings. The summed E-state index contributed by atoms with van der Waals surface area (Å²) in [6, 6.07) is 5.04. The summed E-state index contributed by atoms with van der Waals surface area (Å²) < 4.78 is 0.941. The minimum absolute atomic E-state index is 0.0788. The first-order valence-electron chi connectivity index (χ1n) is 6.97. The summed E-state index contributed by atoms with van der Waals surface area (Å²) in [5.41, 5.74) is 7.27. The summed E-state index contributed by atoms with van der Waals surface area (Å²) in [5.74, 6) is -0.0145. The van der Waals surface area contributed by atoms with Crippen LogP contribution in [0.2, 0.25) is 0 Å². The molecule has 1 fully saturated rings. The number of anilines is 1. The van der Waals surface area contributed by atoms with E-state index in [9.17, 15) is 4.79 Å². The third-order valence-corrected chi connectivity index (χ3v) is 3.80. The van der Waals surface area contributed by atoms with E-state index in [1.165, 1.54) is 0 Å². The Balaban J connectivity index is 1.91. The highest BCUT2D eigenvalue weighted by Crippen LogP contribution is 2.19. The van der Waals surface area contributed by atoms with Gasteiger partial charge < -0.3 is 16.0 Å². The molecule has 0 unspecified atom stereocenters. The predicted molar refractivity (Wildman–Crippen MR) is 91.2 cm³/mol. The Bertz CT molecular complexity index is 609. The van der Waals surface area contributed by atoms with Gasteiger partial charge in [0.1, 0.15) is 0 Å². The number of halogens is 1. The van der Waals surface area contributed by atoms with Crippen LogP contribution < -0.4 is 16.4 Å². The van der Waals surface area contributed by atoms with Crippen LogP contribution in [0.5, 0.6) is 0 Å². The highest BCUT2D eigenvalue weighted by Gasteiger charge is 2.15. The van der Waals surface area contributed by atoms with Crippen molar-refractivity contribution in [2.45, 2.75) is 19.8 Å². The van der Waals surface area contributed by atoms with Crippen LogP contribution in [0.4, 0.5) is 10.5 Å². The number of guanidine groups is 2. The maximum absolute atomic E-state index is 11.9. The highest BCUT2D eigenvalue weighted by molar-refractivity contribution is 9.10. The normalized spacial score (nSPS) is 14.8. The van der Waals surface area contributed by atoms with Crippen LogP contribution in [-0.2, 0) is 0 Å². The molecule has 5 N–H and O–H groups in total. The second kappa shape index (κ2) is 7.26. The zero-order valence-electron chi connectivity index (χ0n) is 12.3. The summed E-state index contributed by atoms with van der Waals surface area (Å²) in [6.07, 6.45) is 2.10. The Morgan fingerprint density at radius 3 is 2.73 bits per heavy atom. The molecule has 118 valence electrons. The molecule has 7 nitrogen and oxygen atoms in total. The molecule has 1 heterocycles. The van der Waals surface area contributed by atoms with Crippen LogP contribution in [-0.4, -0.2) is 35.9 Å². The molecule has 22 heavy (non-hydrogen) atoms. The maximum Gasteiger partial charge on any atom is 0.326 e. The number of rotatable bonds is 1. The van der Waals surface area contributed by atoms with Crippen molar-refractivity contribution in [3.8, 4) is 0 Å². The number of nitrogens with two attached hydrogens (primary N) is 1. The van der Waals surface area contributed by atoms with Crippen molar-refractivity contribution < 1.29 is 4.79 Å². The van der Waals surface area contributed by atoms with Crippen molar-refractivity contribution in [2.75, 3.05) is 18.4 Å². The van der Waals surface area contributed by atoms with Gasteiger partial charge in [-0.3, -0.25) is 10.7 Å². The van der Waals surface area contributed by atoms with Crippen molar-refractivity contribution in [3.63, 3.8) is 0 Å². The highest BCUT2D eigenvalue weighted by atomic mass is 79.9. The lowest BCUT2D eigenvalue weighted by Crippen LogP contribution is -2.41. The minimum atomic E-state index is -0.485. The van der Waals surface area contributed by atoms with Gasteiger partial charge in [-0.15, -0.1) is 0 Å². The molecule has 1 aromatic rings. The fraction of sp³-hybridized carbons (Fsp3) is 0.357. The Labute approximate surface area is 137 Å². The van der Waals surface area contributed by atoms with E-state index in [0.717, 1.165) is 36.0 Å². The Hall–Kier alpha value is -2.09. The number of carbonyl (C=O) groups excluding carboxylic acids is 1. The van der Waals surface area contributed by atoms with E-state index >= 15 is 0 Å². The Morgan fingerprint density at radius 1 is 1.41 bits per heavy atom. The molecule has 2 amide bonds. The van der Waals surface area contributed by atoms with Gasteiger partial charge in [0.25, 0.3) is 0 Å². The van der Waals surface area contributed by atoms with Crippen LogP contribution in [0, 0.1) is 12.3 Å². The van der Waals surface area contributed by atoms with Crippen LogP contribution in [0.15, 0.2) is 27.7 Å². The second-order valence-corrected chi connectivity index (χ2v) is 5.97. The first kappa shape index (κ1) is 16.3. The molecule has 1 aromatic carbocycles. The number of hydrogen-bond donors (Lipinski definition) is 4. The second-order valence-electron chi connectivity index (χ2n) is 5.05. The summed E-state index contributed by atoms with van der Waals surface area (Å²) in [6.45, 7) is 3.50. The number of aryl methyl sites for hydroxylation is 1. The lowest BCUT2D eigenvalue weighted by atomic mass is 10.2. The van der Waals surface area contributed by atoms with Gasteiger partial charge in [-0.05, 0) is 43.5 Å². The number of nitrogens with one attached hydrogen (secondary N) is 3. The molecule has 2 rings (SSSR count). The van der Waals surface area contributed by atoms with E-state index in [1.54, 1.807) is 6.07 Å². The minimum Gasteiger partial charge on any atom is -0.369 e. The fourth-order valence-corrected chi connectivity index (χ4v) is 2.65. The molecule has 0 spiro atoms. The lowest BCUT2D eigenvalue weighted by molar-refractivity contribution is 0.256. The molecule has 0 bridgehead atoms. The van der Waals surface area contributed by atoms with Gasteiger partial charge in [0.15, 0.2) is 0 Å². The number of urea groups is 1. The molecule has 0 aromatic heterocycles. The van der Waals surface area contributed by atoms with Gasteiger partial charge in [-0.1, -0.05) is 15.9 Å². The zero-order valence-corrected chi connectivity index (χ0v) is 13.9. The fourth-order valence-electron chi connectivity index (χ4n) is 2.18. The molecule has 0 radical (unpaired) electrons. The number of benzene rings is 1. The Kier molecular flexibility index (Phi) is 5.37. The molecule has 1 saturated heterocycles. The lowest BCUT2D eigenvalue weighted by Gasteiger charge is -2.15. The van der Waals surface area contributed by atoms with E-state index in [2.05, 4.69) is 31.6 Å². The van der Waals surface area contributed by atoms with Crippen LogP contribution in [0.25, 0.3) is 0 Å². The summed E-state index contributed by atoms with van der Waals surface area (Å²) in [5, 5.41) is 12.9. The standard InChI is InChI=1S/C14H19BrN6O/c1-9-8-10(15)4-5-11(9)18-14(22)20-12(16)19-13(17)21-6-2-3-7-21/h4-5,8H,2-3,6-7H2,1H3,(H5,16,17,18,19,20,22). The first-order chi connectivity index (χ1) is 10.5. The molecule has 8 heteroatoms. The number of nitrogens with zero attached hydrogens (tertiary/aromatic N) is 2. The summed E-state index contributed by atoms with van der Waals surface area (Å²) in [4.78, 5) is 17.6. The van der Waals surface area contributed by atoms with Gasteiger partial charge in [0.05, 0.1) is 0 Å². The smallest absolute Gasteiger partial charge is 0.326 e. The van der Waals surface area contributed by atoms with Crippen molar-refractivity contribution in [2.24, 2.45) is 10.7 Å². The molecule has 0 saturated carbocycles. The monoisotopic (exact) mass is 366 g/mol. The van der Waals surface area contributed by atoms with Crippen molar-refractivity contribution in [1.82, 2.24) is 10.2 Å². The topological polar surface area (TPSA) is 107 Å². The van der Waals surface area contributed by atoms with Crippen LogP contribution >= 0.6 is 15.9 Å². The first-order valence-corrected chi connectivity index (χ1v) is 7.77. The average Bonchev–Trinajstić information content (AvgIpc) is 2.95. The summed E-state index contributed by atoms with van der Waals surface area (Å²) in [7, 11) is 0. The number of aliphatic imine (C=N–C) groups is 1. The van der Waals surface area contributed by atoms with E-state index in [4.69, 9.17) is 11.1 Å². The van der Waals surface area contributed by atoms with Gasteiger partial charge >= 0.3 is 6.03 Å². The number of likely N-dealkylation sites (tertiary alicyclic amines) is 1. The van der Waals surface area contributed by atoms with Gasteiger partial charge in [0.2, 0.25) is 11.9 Å². The molecule has 0 atom stereocenters. The molecular weight excluding hydrogens is 348 g/mol. The maximum atomic E-state index is 11.9. The molecular formula is C14H19BrN6O. The van der Waals surface area contributed by atoms with Crippen LogP contribution in [0.1, 0.15) is 18.4 Å². The van der Waals surface area contributed by atoms with Crippen LogP contribution in [0.3, 0.4) is 0 Å². The number of hydrogen-bond acceptors (Lipinski definition) is 2. The van der Waals surface area contributed by atoms with E-state index < -0.39 is 6.03 Å². The third kappa shape index (κ3) is 4.45. The molecule has 1 aliphatic heterocycles. The van der Waals surface area contributed by atoms with E-state index in [0.29, 0.717) is 5.69 Å².